The Bertz CT molecular complexity index is 828. The summed E-state index contributed by atoms with van der Waals surface area (Å²) < 4.78 is 11.3. The van der Waals surface area contributed by atoms with Gasteiger partial charge in [-0.15, -0.1) is 0 Å². The minimum absolute atomic E-state index is 0.140. The van der Waals surface area contributed by atoms with E-state index in [0.29, 0.717) is 31.4 Å². The van der Waals surface area contributed by atoms with E-state index < -0.39 is 12.0 Å². The number of piperazine rings is 1. The van der Waals surface area contributed by atoms with Crippen molar-refractivity contribution in [2.75, 3.05) is 26.3 Å². The molecule has 1 aromatic rings. The fourth-order valence-electron chi connectivity index (χ4n) is 4.67. The van der Waals surface area contributed by atoms with E-state index in [2.05, 4.69) is 26.1 Å². The van der Waals surface area contributed by atoms with Gasteiger partial charge in [-0.05, 0) is 30.4 Å². The molecule has 208 valence electrons. The summed E-state index contributed by atoms with van der Waals surface area (Å²) >= 11 is 0. The van der Waals surface area contributed by atoms with Gasteiger partial charge in [-0.1, -0.05) is 96.8 Å². The quantitative estimate of drug-likeness (QED) is 0.198. The van der Waals surface area contributed by atoms with Crippen LogP contribution in [-0.4, -0.2) is 55.0 Å². The normalized spacial score (nSPS) is 16.2. The third-order valence-electron chi connectivity index (χ3n) is 7.19. The van der Waals surface area contributed by atoms with Gasteiger partial charge in [-0.3, -0.25) is 14.4 Å². The van der Waals surface area contributed by atoms with Gasteiger partial charge < -0.3 is 19.7 Å². The summed E-state index contributed by atoms with van der Waals surface area (Å²) in [6, 6.07) is 6.85. The maximum absolute atomic E-state index is 13.0. The van der Waals surface area contributed by atoms with E-state index in [1.165, 1.54) is 49.8 Å². The number of esters is 1. The van der Waals surface area contributed by atoms with E-state index in [1.54, 1.807) is 0 Å². The maximum Gasteiger partial charge on any atom is 0.308 e. The first-order chi connectivity index (χ1) is 18.0. The van der Waals surface area contributed by atoms with Crippen LogP contribution in [0.25, 0.3) is 0 Å². The predicted octanol–water partition coefficient (Wildman–Crippen LogP) is 5.76. The lowest BCUT2D eigenvalue weighted by Crippen LogP contribution is -2.58. The number of unbranched alkanes of at least 4 members (excludes halogenated alkanes) is 9. The van der Waals surface area contributed by atoms with Gasteiger partial charge in [0.05, 0.1) is 13.0 Å². The van der Waals surface area contributed by atoms with Gasteiger partial charge in [0, 0.05) is 13.1 Å². The Balaban J connectivity index is 1.73. The minimum atomic E-state index is -0.866. The van der Waals surface area contributed by atoms with Crippen molar-refractivity contribution < 1.29 is 23.9 Å². The molecule has 7 nitrogen and oxygen atoms in total. The number of hydrogen-bond acceptors (Lipinski definition) is 5. The van der Waals surface area contributed by atoms with Crippen LogP contribution in [0.3, 0.4) is 0 Å². The van der Waals surface area contributed by atoms with E-state index >= 15 is 0 Å². The SMILES string of the molecule is CCCCCCCCCCCCOC(=O)CC1C(=O)NCCN1C(=O)COc1ccccc1C(C)CC. The Morgan fingerprint density at radius 3 is 2.32 bits per heavy atom. The van der Waals surface area contributed by atoms with E-state index in [0.717, 1.165) is 31.2 Å². The molecule has 1 aromatic carbocycles. The molecule has 37 heavy (non-hydrogen) atoms. The lowest BCUT2D eigenvalue weighted by Gasteiger charge is -2.34. The van der Waals surface area contributed by atoms with E-state index in [9.17, 15) is 14.4 Å². The highest BCUT2D eigenvalue weighted by atomic mass is 16.5. The fraction of sp³-hybridized carbons (Fsp3) is 0.700. The molecule has 2 rings (SSSR count). The van der Waals surface area contributed by atoms with Crippen molar-refractivity contribution in [1.82, 2.24) is 10.2 Å². The molecule has 1 N–H and O–H groups in total. The highest BCUT2D eigenvalue weighted by molar-refractivity contribution is 5.92. The van der Waals surface area contributed by atoms with Gasteiger partial charge in [0.25, 0.3) is 5.91 Å². The lowest BCUT2D eigenvalue weighted by atomic mass is 9.98. The second kappa shape index (κ2) is 17.8. The number of rotatable bonds is 18. The zero-order chi connectivity index (χ0) is 26.9. The number of amides is 2. The monoisotopic (exact) mass is 516 g/mol. The molecule has 2 atom stereocenters. The van der Waals surface area contributed by atoms with Crippen LogP contribution in [0.4, 0.5) is 0 Å². The van der Waals surface area contributed by atoms with Crippen LogP contribution in [0, 0.1) is 0 Å². The van der Waals surface area contributed by atoms with Crippen LogP contribution in [0.1, 0.15) is 109 Å². The van der Waals surface area contributed by atoms with Gasteiger partial charge in [0.1, 0.15) is 11.8 Å². The molecule has 2 unspecified atom stereocenters. The Kier molecular flexibility index (Phi) is 14.8. The molecule has 0 bridgehead atoms. The van der Waals surface area contributed by atoms with Crippen molar-refractivity contribution in [3.63, 3.8) is 0 Å². The van der Waals surface area contributed by atoms with Gasteiger partial charge in [0.2, 0.25) is 5.91 Å². The summed E-state index contributed by atoms with van der Waals surface area (Å²) in [4.78, 5) is 39.4. The molecule has 0 aliphatic carbocycles. The van der Waals surface area contributed by atoms with Crippen LogP contribution in [-0.2, 0) is 19.1 Å². The van der Waals surface area contributed by atoms with Gasteiger partial charge in [-0.2, -0.15) is 0 Å². The second-order valence-corrected chi connectivity index (χ2v) is 10.1. The van der Waals surface area contributed by atoms with Crippen molar-refractivity contribution >= 4 is 17.8 Å². The van der Waals surface area contributed by atoms with Crippen LogP contribution in [0.5, 0.6) is 5.75 Å². The van der Waals surface area contributed by atoms with Crippen molar-refractivity contribution in [3.05, 3.63) is 29.8 Å². The van der Waals surface area contributed by atoms with Crippen LogP contribution >= 0.6 is 0 Å². The van der Waals surface area contributed by atoms with E-state index in [-0.39, 0.29) is 24.8 Å². The summed E-state index contributed by atoms with van der Waals surface area (Å²) in [5.41, 5.74) is 1.06. The summed E-state index contributed by atoms with van der Waals surface area (Å²) in [5, 5.41) is 2.76. The Morgan fingerprint density at radius 2 is 1.65 bits per heavy atom. The number of nitrogens with one attached hydrogen (secondary N) is 1. The molecule has 1 aliphatic heterocycles. The third kappa shape index (κ3) is 11.1. The first-order valence-corrected chi connectivity index (χ1v) is 14.4. The number of para-hydroxylation sites is 1. The third-order valence-corrected chi connectivity index (χ3v) is 7.19. The molecule has 0 radical (unpaired) electrons. The zero-order valence-electron chi connectivity index (χ0n) is 23.3. The van der Waals surface area contributed by atoms with Crippen molar-refractivity contribution in [3.8, 4) is 5.75 Å². The molecule has 7 heteroatoms. The maximum atomic E-state index is 13.0. The number of hydrogen-bond donors (Lipinski definition) is 1. The molecule has 1 heterocycles. The Morgan fingerprint density at radius 1 is 1.00 bits per heavy atom. The predicted molar refractivity (Wildman–Crippen MR) is 147 cm³/mol. The molecule has 1 saturated heterocycles. The second-order valence-electron chi connectivity index (χ2n) is 10.1. The van der Waals surface area contributed by atoms with Crippen molar-refractivity contribution in [1.29, 1.82) is 0 Å². The van der Waals surface area contributed by atoms with Gasteiger partial charge >= 0.3 is 5.97 Å². The summed E-state index contributed by atoms with van der Waals surface area (Å²) in [6.07, 6.45) is 12.9. The summed E-state index contributed by atoms with van der Waals surface area (Å²) in [7, 11) is 0. The van der Waals surface area contributed by atoms with Crippen molar-refractivity contribution in [2.24, 2.45) is 0 Å². The molecule has 0 saturated carbocycles. The zero-order valence-corrected chi connectivity index (χ0v) is 23.3. The van der Waals surface area contributed by atoms with Crippen LogP contribution in [0.15, 0.2) is 24.3 Å². The Labute approximate surface area is 223 Å². The number of carbonyl (C=O) groups excluding carboxylic acids is 3. The summed E-state index contributed by atoms with van der Waals surface area (Å²) in [5.74, 6) is -0.0835. The molecule has 2 amide bonds. The largest absolute Gasteiger partial charge is 0.483 e. The number of carbonyl (C=O) groups is 3. The van der Waals surface area contributed by atoms with Crippen molar-refractivity contribution in [2.45, 2.75) is 110 Å². The summed E-state index contributed by atoms with van der Waals surface area (Å²) in [6.45, 7) is 7.35. The fourth-order valence-corrected chi connectivity index (χ4v) is 4.67. The lowest BCUT2D eigenvalue weighted by molar-refractivity contribution is -0.152. The number of nitrogens with zero attached hydrogens (tertiary/aromatic N) is 1. The molecule has 1 aliphatic rings. The van der Waals surface area contributed by atoms with Gasteiger partial charge in [-0.25, -0.2) is 0 Å². The number of benzene rings is 1. The van der Waals surface area contributed by atoms with E-state index in [4.69, 9.17) is 9.47 Å². The van der Waals surface area contributed by atoms with Crippen LogP contribution in [0.2, 0.25) is 0 Å². The van der Waals surface area contributed by atoms with Gasteiger partial charge in [0.15, 0.2) is 6.61 Å². The number of ether oxygens (including phenoxy) is 2. The Hall–Kier alpha value is -2.57. The average molecular weight is 517 g/mol. The average Bonchev–Trinajstić information content (AvgIpc) is 2.91. The highest BCUT2D eigenvalue weighted by Gasteiger charge is 2.35. The molecular formula is C30H48N2O5. The van der Waals surface area contributed by atoms with Crippen LogP contribution < -0.4 is 10.1 Å². The standard InChI is InChI=1S/C30H48N2O5/c1-4-6-7-8-9-10-11-12-13-16-21-36-29(34)22-26-30(35)31-19-20-32(26)28(33)23-37-27-18-15-14-17-25(27)24(3)5-2/h14-15,17-18,24,26H,4-13,16,19-23H2,1-3H3,(H,31,35). The molecule has 0 spiro atoms. The highest BCUT2D eigenvalue weighted by Crippen LogP contribution is 2.28. The van der Waals surface area contributed by atoms with E-state index in [1.807, 2.05) is 24.3 Å². The molecule has 0 aromatic heterocycles. The first kappa shape index (κ1) is 30.7. The smallest absolute Gasteiger partial charge is 0.308 e. The topological polar surface area (TPSA) is 84.9 Å². The first-order valence-electron chi connectivity index (χ1n) is 14.4. The molecule has 1 fully saturated rings. The minimum Gasteiger partial charge on any atom is -0.483 e. The molecular weight excluding hydrogens is 468 g/mol.